The Morgan fingerprint density at radius 3 is 2.64 bits per heavy atom. The molecule has 130 valence electrons. The van der Waals surface area contributed by atoms with Gasteiger partial charge in [0.2, 0.25) is 0 Å². The summed E-state index contributed by atoms with van der Waals surface area (Å²) in [5, 5.41) is 18.5. The first-order chi connectivity index (χ1) is 12.2. The molecule has 0 saturated heterocycles. The number of hydrogen-bond acceptors (Lipinski definition) is 4. The van der Waals surface area contributed by atoms with E-state index in [1.165, 1.54) is 16.8 Å². The van der Waals surface area contributed by atoms with Gasteiger partial charge in [-0.05, 0) is 30.2 Å². The molecule has 1 N–H and O–H groups in total. The molecular weight excluding hydrogens is 314 g/mol. The molecule has 1 aliphatic rings. The van der Waals surface area contributed by atoms with Crippen LogP contribution >= 0.6 is 0 Å². The summed E-state index contributed by atoms with van der Waals surface area (Å²) >= 11 is 0. The van der Waals surface area contributed by atoms with Crippen molar-refractivity contribution in [1.29, 1.82) is 0 Å². The number of aliphatic hydroxyl groups is 1. The van der Waals surface area contributed by atoms with Crippen molar-refractivity contribution in [2.45, 2.75) is 39.2 Å². The monoisotopic (exact) mass is 337 g/mol. The summed E-state index contributed by atoms with van der Waals surface area (Å²) in [6.07, 6.45) is 3.29. The van der Waals surface area contributed by atoms with Crippen LogP contribution in [-0.4, -0.2) is 36.1 Å². The highest BCUT2D eigenvalue weighted by molar-refractivity contribution is 5.27. The lowest BCUT2D eigenvalue weighted by Crippen LogP contribution is -2.33. The van der Waals surface area contributed by atoms with Crippen LogP contribution < -0.4 is 0 Å². The van der Waals surface area contributed by atoms with Crippen LogP contribution in [0.4, 0.5) is 0 Å². The van der Waals surface area contributed by atoms with Crippen LogP contribution in [0.5, 0.6) is 0 Å². The van der Waals surface area contributed by atoms with Crippen molar-refractivity contribution in [3.05, 3.63) is 71.3 Å². The van der Waals surface area contributed by atoms with Gasteiger partial charge in [0, 0.05) is 32.0 Å². The molecule has 0 aliphatic carbocycles. The van der Waals surface area contributed by atoms with Crippen molar-refractivity contribution in [3.63, 3.8) is 0 Å². The maximum atomic E-state index is 9.74. The van der Waals surface area contributed by atoms with E-state index < -0.39 is 6.10 Å². The van der Waals surface area contributed by atoms with E-state index in [2.05, 4.69) is 39.4 Å². The van der Waals surface area contributed by atoms with Gasteiger partial charge in [-0.1, -0.05) is 24.3 Å². The number of benzene rings is 1. The summed E-state index contributed by atoms with van der Waals surface area (Å²) in [5.41, 5.74) is 4.57. The number of hydrogen-bond donors (Lipinski definition) is 1. The van der Waals surface area contributed by atoms with E-state index in [1.54, 1.807) is 6.92 Å². The second kappa shape index (κ2) is 6.82. The minimum atomic E-state index is -0.513. The average Bonchev–Trinajstić information content (AvgIpc) is 3.25. The first-order valence-electron chi connectivity index (χ1n) is 8.70. The SMILES string of the molecule is CC(O)c1cc2n(n1)CCN(Cc1ccccc1Cn1cccn1)C2. The largest absolute Gasteiger partial charge is 0.387 e. The van der Waals surface area contributed by atoms with Crippen LogP contribution in [0.15, 0.2) is 48.8 Å². The fourth-order valence-corrected chi connectivity index (χ4v) is 3.36. The van der Waals surface area contributed by atoms with E-state index in [1.807, 2.05) is 33.9 Å². The summed E-state index contributed by atoms with van der Waals surface area (Å²) in [6, 6.07) is 12.5. The maximum absolute atomic E-state index is 9.74. The third-order valence-electron chi connectivity index (χ3n) is 4.73. The molecular formula is C19H23N5O. The van der Waals surface area contributed by atoms with Crippen LogP contribution in [0.25, 0.3) is 0 Å². The van der Waals surface area contributed by atoms with E-state index >= 15 is 0 Å². The quantitative estimate of drug-likeness (QED) is 0.775. The van der Waals surface area contributed by atoms with Crippen LogP contribution in [0, 0.1) is 0 Å². The number of aromatic nitrogens is 4. The molecule has 3 aromatic rings. The molecule has 0 spiro atoms. The summed E-state index contributed by atoms with van der Waals surface area (Å²) in [4.78, 5) is 2.44. The normalized spacial score (nSPS) is 15.9. The summed E-state index contributed by atoms with van der Waals surface area (Å²) < 4.78 is 3.98. The highest BCUT2D eigenvalue weighted by Gasteiger charge is 2.20. The van der Waals surface area contributed by atoms with Gasteiger partial charge < -0.3 is 5.11 Å². The van der Waals surface area contributed by atoms with Crippen molar-refractivity contribution >= 4 is 0 Å². The molecule has 0 radical (unpaired) electrons. The van der Waals surface area contributed by atoms with Crippen molar-refractivity contribution < 1.29 is 5.11 Å². The van der Waals surface area contributed by atoms with Gasteiger partial charge >= 0.3 is 0 Å². The van der Waals surface area contributed by atoms with E-state index in [0.717, 1.165) is 38.4 Å². The molecule has 6 heteroatoms. The van der Waals surface area contributed by atoms with Crippen LogP contribution in [0.3, 0.4) is 0 Å². The highest BCUT2D eigenvalue weighted by Crippen LogP contribution is 2.20. The maximum Gasteiger partial charge on any atom is 0.0950 e. The second-order valence-electron chi connectivity index (χ2n) is 6.64. The van der Waals surface area contributed by atoms with Crippen LogP contribution in [-0.2, 0) is 26.2 Å². The number of fused-ring (bicyclic) bond motifs is 1. The third-order valence-corrected chi connectivity index (χ3v) is 4.73. The Hall–Kier alpha value is -2.44. The summed E-state index contributed by atoms with van der Waals surface area (Å²) in [6.45, 7) is 6.15. The molecule has 1 unspecified atom stereocenters. The van der Waals surface area contributed by atoms with E-state index in [0.29, 0.717) is 0 Å². The molecule has 25 heavy (non-hydrogen) atoms. The molecule has 6 nitrogen and oxygen atoms in total. The molecule has 0 fully saturated rings. The molecule has 4 rings (SSSR count). The van der Waals surface area contributed by atoms with E-state index in [9.17, 15) is 5.11 Å². The Balaban J connectivity index is 1.49. The van der Waals surface area contributed by atoms with Crippen LogP contribution in [0.1, 0.15) is 35.5 Å². The Kier molecular flexibility index (Phi) is 4.38. The predicted molar refractivity (Wildman–Crippen MR) is 94.7 cm³/mol. The Morgan fingerprint density at radius 1 is 1.12 bits per heavy atom. The fraction of sp³-hybridized carbons (Fsp3) is 0.368. The van der Waals surface area contributed by atoms with Crippen LogP contribution in [0.2, 0.25) is 0 Å². The Bertz CT molecular complexity index is 837. The number of aliphatic hydroxyl groups excluding tert-OH is 1. The van der Waals surface area contributed by atoms with Gasteiger partial charge in [0.25, 0.3) is 0 Å². The molecule has 2 aromatic heterocycles. The molecule has 1 atom stereocenters. The van der Waals surface area contributed by atoms with Crippen molar-refractivity contribution in [3.8, 4) is 0 Å². The molecule has 0 amide bonds. The van der Waals surface area contributed by atoms with Gasteiger partial charge in [-0.3, -0.25) is 14.3 Å². The molecule has 0 saturated carbocycles. The predicted octanol–water partition coefficient (Wildman–Crippen LogP) is 2.20. The van der Waals surface area contributed by atoms with Gasteiger partial charge in [0.15, 0.2) is 0 Å². The average molecular weight is 337 g/mol. The zero-order valence-electron chi connectivity index (χ0n) is 14.4. The van der Waals surface area contributed by atoms with Crippen molar-refractivity contribution in [2.75, 3.05) is 6.54 Å². The zero-order valence-corrected chi connectivity index (χ0v) is 14.4. The highest BCUT2D eigenvalue weighted by atomic mass is 16.3. The number of nitrogens with zero attached hydrogens (tertiary/aromatic N) is 5. The van der Waals surface area contributed by atoms with E-state index in [4.69, 9.17) is 0 Å². The third kappa shape index (κ3) is 3.50. The topological polar surface area (TPSA) is 59.1 Å². The van der Waals surface area contributed by atoms with Gasteiger partial charge in [0.05, 0.1) is 30.6 Å². The molecule has 0 bridgehead atoms. The lowest BCUT2D eigenvalue weighted by Gasteiger charge is -2.28. The number of rotatable bonds is 5. The first-order valence-corrected chi connectivity index (χ1v) is 8.70. The molecule has 1 aliphatic heterocycles. The van der Waals surface area contributed by atoms with E-state index in [-0.39, 0.29) is 0 Å². The Morgan fingerprint density at radius 2 is 1.92 bits per heavy atom. The zero-order chi connectivity index (χ0) is 17.2. The lowest BCUT2D eigenvalue weighted by atomic mass is 10.1. The Labute approximate surface area is 147 Å². The van der Waals surface area contributed by atoms with Crippen molar-refractivity contribution in [1.82, 2.24) is 24.5 Å². The van der Waals surface area contributed by atoms with Gasteiger partial charge in [-0.2, -0.15) is 10.2 Å². The molecule has 1 aromatic carbocycles. The fourth-order valence-electron chi connectivity index (χ4n) is 3.36. The van der Waals surface area contributed by atoms with Crippen molar-refractivity contribution in [2.24, 2.45) is 0 Å². The first kappa shape index (κ1) is 16.1. The smallest absolute Gasteiger partial charge is 0.0950 e. The van der Waals surface area contributed by atoms with Gasteiger partial charge in [0.1, 0.15) is 0 Å². The van der Waals surface area contributed by atoms with Gasteiger partial charge in [-0.25, -0.2) is 0 Å². The minimum absolute atomic E-state index is 0.513. The van der Waals surface area contributed by atoms with Gasteiger partial charge in [-0.15, -0.1) is 0 Å². The lowest BCUT2D eigenvalue weighted by molar-refractivity contribution is 0.189. The summed E-state index contributed by atoms with van der Waals surface area (Å²) in [7, 11) is 0. The second-order valence-corrected chi connectivity index (χ2v) is 6.64. The standard InChI is InChI=1S/C19H23N5O/c1-15(25)19-11-18-14-22(9-10-24(18)21-19)12-16-5-2-3-6-17(16)13-23-8-4-7-20-23/h2-8,11,15,25H,9-10,12-14H2,1H3. The summed E-state index contributed by atoms with van der Waals surface area (Å²) in [5.74, 6) is 0. The molecule has 3 heterocycles. The minimum Gasteiger partial charge on any atom is -0.387 e.